The molecule has 0 spiro atoms. The maximum Gasteiger partial charge on any atom is 0.260 e. The van der Waals surface area contributed by atoms with Crippen molar-refractivity contribution in [1.29, 1.82) is 0 Å². The van der Waals surface area contributed by atoms with Crippen LogP contribution in [0.4, 0.5) is 5.69 Å². The highest BCUT2D eigenvalue weighted by molar-refractivity contribution is 7.89. The van der Waals surface area contributed by atoms with Crippen LogP contribution in [0, 0.1) is 6.92 Å². The number of nitrogens with one attached hydrogen (secondary N) is 1. The van der Waals surface area contributed by atoms with Gasteiger partial charge in [0, 0.05) is 12.2 Å². The topological polar surface area (TPSA) is 85.1 Å². The van der Waals surface area contributed by atoms with E-state index in [2.05, 4.69) is 9.71 Å². The largest absolute Gasteiger partial charge is 0.396 e. The first-order valence-electron chi connectivity index (χ1n) is 6.20. The minimum Gasteiger partial charge on any atom is -0.396 e. The van der Waals surface area contributed by atoms with E-state index in [1.807, 2.05) is 31.2 Å². The van der Waals surface area contributed by atoms with Gasteiger partial charge in [-0.3, -0.25) is 0 Å². The van der Waals surface area contributed by atoms with Gasteiger partial charge in [0.2, 0.25) is 0 Å². The molecule has 1 aromatic heterocycles. The zero-order valence-corrected chi connectivity index (χ0v) is 12.2. The van der Waals surface area contributed by atoms with Gasteiger partial charge in [0.15, 0.2) is 5.03 Å². The highest BCUT2D eigenvalue weighted by Gasteiger charge is 2.22. The lowest BCUT2D eigenvalue weighted by Crippen LogP contribution is -2.28. The van der Waals surface area contributed by atoms with Crippen molar-refractivity contribution in [3.8, 4) is 0 Å². The standard InChI is InChI=1S/C14H17N3O2S/c1-10-6-3-4-7-12(10)11(2)17-20(18,19)14-13(15)8-5-9-16-14/h3-9,11,17H,15H2,1-2H3. The third-order valence-electron chi connectivity index (χ3n) is 3.04. The highest BCUT2D eigenvalue weighted by Crippen LogP contribution is 2.21. The Bertz CT molecular complexity index is 714. The molecular weight excluding hydrogens is 274 g/mol. The average Bonchev–Trinajstić information content (AvgIpc) is 2.38. The first kappa shape index (κ1) is 14.5. The monoisotopic (exact) mass is 291 g/mol. The summed E-state index contributed by atoms with van der Waals surface area (Å²) in [4.78, 5) is 3.84. The number of rotatable bonds is 4. The quantitative estimate of drug-likeness (QED) is 0.902. The zero-order chi connectivity index (χ0) is 14.8. The third kappa shape index (κ3) is 2.97. The van der Waals surface area contributed by atoms with E-state index in [-0.39, 0.29) is 16.8 Å². The molecule has 1 aromatic carbocycles. The molecule has 20 heavy (non-hydrogen) atoms. The molecule has 0 radical (unpaired) electrons. The van der Waals surface area contributed by atoms with E-state index in [0.717, 1.165) is 11.1 Å². The smallest absolute Gasteiger partial charge is 0.260 e. The van der Waals surface area contributed by atoms with Gasteiger partial charge in [-0.15, -0.1) is 0 Å². The fraction of sp³-hybridized carbons (Fsp3) is 0.214. The van der Waals surface area contributed by atoms with Crippen LogP contribution in [0.5, 0.6) is 0 Å². The van der Waals surface area contributed by atoms with Crippen LogP contribution in [0.25, 0.3) is 0 Å². The molecule has 1 heterocycles. The lowest BCUT2D eigenvalue weighted by molar-refractivity contribution is 0.563. The van der Waals surface area contributed by atoms with Gasteiger partial charge in [0.05, 0.1) is 5.69 Å². The molecule has 1 unspecified atom stereocenters. The summed E-state index contributed by atoms with van der Waals surface area (Å²) in [7, 11) is -3.74. The number of aryl methyl sites for hydroxylation is 1. The maximum atomic E-state index is 12.3. The fourth-order valence-electron chi connectivity index (χ4n) is 2.05. The molecule has 106 valence electrons. The summed E-state index contributed by atoms with van der Waals surface area (Å²) in [6.07, 6.45) is 1.41. The minimum atomic E-state index is -3.74. The molecule has 6 heteroatoms. The number of pyridine rings is 1. The Morgan fingerprint density at radius 1 is 1.20 bits per heavy atom. The van der Waals surface area contributed by atoms with Crippen LogP contribution in [-0.4, -0.2) is 13.4 Å². The molecule has 2 rings (SSSR count). The number of nitrogens with two attached hydrogens (primary N) is 1. The number of hydrogen-bond donors (Lipinski definition) is 2. The molecule has 0 aliphatic heterocycles. The molecular formula is C14H17N3O2S. The summed E-state index contributed by atoms with van der Waals surface area (Å²) in [5, 5.41) is -0.138. The lowest BCUT2D eigenvalue weighted by atomic mass is 10.0. The van der Waals surface area contributed by atoms with E-state index in [0.29, 0.717) is 0 Å². The summed E-state index contributed by atoms with van der Waals surface area (Å²) in [6, 6.07) is 10.4. The molecule has 5 nitrogen and oxygen atoms in total. The molecule has 3 N–H and O–H groups in total. The van der Waals surface area contributed by atoms with Crippen LogP contribution in [0.2, 0.25) is 0 Å². The number of hydrogen-bond acceptors (Lipinski definition) is 4. The predicted octanol–water partition coefficient (Wildman–Crippen LogP) is 2.01. The number of benzene rings is 1. The molecule has 0 aliphatic rings. The van der Waals surface area contributed by atoms with Crippen molar-refractivity contribution in [2.45, 2.75) is 24.9 Å². The van der Waals surface area contributed by atoms with Crippen LogP contribution < -0.4 is 10.5 Å². The number of anilines is 1. The molecule has 2 aromatic rings. The summed E-state index contributed by atoms with van der Waals surface area (Å²) in [5.41, 5.74) is 7.75. The van der Waals surface area contributed by atoms with Gasteiger partial charge in [-0.2, -0.15) is 0 Å². The van der Waals surface area contributed by atoms with Crippen LogP contribution in [0.1, 0.15) is 24.1 Å². The molecule has 0 saturated carbocycles. The fourth-order valence-corrected chi connectivity index (χ4v) is 3.33. The Hall–Kier alpha value is -1.92. The van der Waals surface area contributed by atoms with Crippen LogP contribution >= 0.6 is 0 Å². The van der Waals surface area contributed by atoms with Crippen LogP contribution in [0.15, 0.2) is 47.6 Å². The normalized spacial score (nSPS) is 13.1. The average molecular weight is 291 g/mol. The molecule has 0 saturated heterocycles. The number of sulfonamides is 1. The van der Waals surface area contributed by atoms with Gasteiger partial charge in [-0.1, -0.05) is 24.3 Å². The predicted molar refractivity (Wildman–Crippen MR) is 78.6 cm³/mol. The zero-order valence-electron chi connectivity index (χ0n) is 11.4. The van der Waals surface area contributed by atoms with Crippen molar-refractivity contribution >= 4 is 15.7 Å². The van der Waals surface area contributed by atoms with E-state index in [1.165, 1.54) is 12.3 Å². The van der Waals surface area contributed by atoms with Gasteiger partial charge in [-0.05, 0) is 37.1 Å². The van der Waals surface area contributed by atoms with E-state index in [9.17, 15) is 8.42 Å². The van der Waals surface area contributed by atoms with Crippen molar-refractivity contribution in [3.05, 3.63) is 53.7 Å². The Morgan fingerprint density at radius 2 is 1.90 bits per heavy atom. The molecule has 0 amide bonds. The lowest BCUT2D eigenvalue weighted by Gasteiger charge is -2.16. The van der Waals surface area contributed by atoms with E-state index >= 15 is 0 Å². The van der Waals surface area contributed by atoms with Crippen molar-refractivity contribution < 1.29 is 8.42 Å². The Kier molecular flexibility index (Phi) is 4.06. The van der Waals surface area contributed by atoms with Gasteiger partial charge in [0.25, 0.3) is 10.0 Å². The molecule has 0 fully saturated rings. The second kappa shape index (κ2) is 5.60. The van der Waals surface area contributed by atoms with Gasteiger partial charge >= 0.3 is 0 Å². The Balaban J connectivity index is 2.30. The first-order chi connectivity index (χ1) is 9.42. The van der Waals surface area contributed by atoms with Gasteiger partial charge < -0.3 is 5.73 Å². The van der Waals surface area contributed by atoms with Crippen molar-refractivity contribution in [1.82, 2.24) is 9.71 Å². The third-order valence-corrected chi connectivity index (χ3v) is 4.56. The number of aromatic nitrogens is 1. The number of nitrogens with zero attached hydrogens (tertiary/aromatic N) is 1. The Morgan fingerprint density at radius 3 is 2.55 bits per heavy atom. The summed E-state index contributed by atoms with van der Waals surface area (Å²) < 4.78 is 27.2. The summed E-state index contributed by atoms with van der Waals surface area (Å²) in [6.45, 7) is 3.73. The van der Waals surface area contributed by atoms with Gasteiger partial charge in [0.1, 0.15) is 0 Å². The van der Waals surface area contributed by atoms with Crippen molar-refractivity contribution in [3.63, 3.8) is 0 Å². The van der Waals surface area contributed by atoms with Crippen molar-refractivity contribution in [2.24, 2.45) is 0 Å². The number of nitrogen functional groups attached to an aromatic ring is 1. The molecule has 0 aliphatic carbocycles. The highest BCUT2D eigenvalue weighted by atomic mass is 32.2. The van der Waals surface area contributed by atoms with E-state index in [1.54, 1.807) is 13.0 Å². The van der Waals surface area contributed by atoms with Crippen molar-refractivity contribution in [2.75, 3.05) is 5.73 Å². The molecule has 0 bridgehead atoms. The van der Waals surface area contributed by atoms with E-state index in [4.69, 9.17) is 5.73 Å². The maximum absolute atomic E-state index is 12.3. The summed E-state index contributed by atoms with van der Waals surface area (Å²) >= 11 is 0. The Labute approximate surface area is 118 Å². The second-order valence-electron chi connectivity index (χ2n) is 4.60. The summed E-state index contributed by atoms with van der Waals surface area (Å²) in [5.74, 6) is 0. The first-order valence-corrected chi connectivity index (χ1v) is 7.68. The van der Waals surface area contributed by atoms with Crippen LogP contribution in [0.3, 0.4) is 0 Å². The van der Waals surface area contributed by atoms with E-state index < -0.39 is 10.0 Å². The SMILES string of the molecule is Cc1ccccc1C(C)NS(=O)(=O)c1ncccc1N. The van der Waals surface area contributed by atoms with Crippen LogP contribution in [-0.2, 0) is 10.0 Å². The minimum absolute atomic E-state index is 0.136. The van der Waals surface area contributed by atoms with Gasteiger partial charge in [-0.25, -0.2) is 18.1 Å². The second-order valence-corrected chi connectivity index (χ2v) is 6.23. The molecule has 1 atom stereocenters.